The molecule has 5 rings (SSSR count). The Bertz CT molecular complexity index is 1150. The van der Waals surface area contributed by atoms with Crippen molar-refractivity contribution < 1.29 is 33.9 Å². The van der Waals surface area contributed by atoms with Crippen LogP contribution in [0.1, 0.15) is 11.1 Å². The summed E-state index contributed by atoms with van der Waals surface area (Å²) in [5, 5.41) is 20.2. The van der Waals surface area contributed by atoms with Crippen molar-refractivity contribution >= 4 is 11.0 Å². The van der Waals surface area contributed by atoms with E-state index < -0.39 is 5.63 Å². The van der Waals surface area contributed by atoms with E-state index in [1.165, 1.54) is 33.6 Å². The first-order valence-electron chi connectivity index (χ1n) is 10.1. The summed E-state index contributed by atoms with van der Waals surface area (Å²) in [7, 11) is 0. The van der Waals surface area contributed by atoms with E-state index in [0.717, 1.165) is 49.8 Å². The molecule has 3 heterocycles. The molecule has 0 saturated carbocycles. The third kappa shape index (κ3) is 3.67. The average molecular weight is 412 g/mol. The Hall–Kier alpha value is -3.23. The maximum Gasteiger partial charge on any atom is 0.336 e. The smallest absolute Gasteiger partial charge is 0.336 e. The maximum atomic E-state index is 11.9. The molecular weight excluding hydrogens is 388 g/mol. The van der Waals surface area contributed by atoms with Crippen molar-refractivity contribution in [2.75, 3.05) is 33.0 Å². The van der Waals surface area contributed by atoms with E-state index >= 15 is 0 Å². The Kier molecular flexibility index (Phi) is 4.72. The number of quaternary nitrogens is 2. The van der Waals surface area contributed by atoms with E-state index in [1.54, 1.807) is 0 Å². The molecule has 3 aromatic rings. The number of hydrogen-bond donors (Lipinski definition) is 4. The Morgan fingerprint density at radius 2 is 1.53 bits per heavy atom. The SMILES string of the molecule is O=c1cc(C[NH+]2CC[NH+](Cc3ccc4c(c3)OCO4)CC2)c2cc(O)c(O)cc2o1. The molecule has 0 spiro atoms. The van der Waals surface area contributed by atoms with Gasteiger partial charge in [-0.05, 0) is 24.3 Å². The Morgan fingerprint density at radius 1 is 0.833 bits per heavy atom. The fraction of sp³-hybridized carbons (Fsp3) is 0.318. The number of aromatic hydroxyl groups is 2. The Labute approximate surface area is 172 Å². The molecule has 0 atom stereocenters. The lowest BCUT2D eigenvalue weighted by molar-refractivity contribution is -1.02. The fourth-order valence-corrected chi connectivity index (χ4v) is 4.32. The fourth-order valence-electron chi connectivity index (χ4n) is 4.32. The zero-order valence-electron chi connectivity index (χ0n) is 16.4. The zero-order chi connectivity index (χ0) is 20.7. The monoisotopic (exact) mass is 412 g/mol. The summed E-state index contributed by atoms with van der Waals surface area (Å²) in [5.74, 6) is 1.11. The number of fused-ring (bicyclic) bond motifs is 2. The standard InChI is InChI=1S/C22H22N2O6/c25-17-9-16-15(8-22(27)30-20(16)10-18(17)26)12-24-5-3-23(4-6-24)11-14-1-2-19-21(7-14)29-13-28-19/h1-2,7-10,25-26H,3-6,11-13H2/p+2. The van der Waals surface area contributed by atoms with Gasteiger partial charge in [0, 0.05) is 28.6 Å². The quantitative estimate of drug-likeness (QED) is 0.338. The number of rotatable bonds is 4. The lowest BCUT2D eigenvalue weighted by Crippen LogP contribution is -3.27. The molecule has 0 radical (unpaired) electrons. The van der Waals surface area contributed by atoms with E-state index in [4.69, 9.17) is 13.9 Å². The molecule has 0 bridgehead atoms. The number of phenolic OH excluding ortho intramolecular Hbond substituents is 2. The molecule has 2 aliphatic rings. The van der Waals surface area contributed by atoms with Gasteiger partial charge >= 0.3 is 5.63 Å². The number of benzene rings is 2. The number of nitrogens with one attached hydrogen (secondary N) is 2. The summed E-state index contributed by atoms with van der Waals surface area (Å²) in [6.45, 7) is 5.90. The van der Waals surface area contributed by atoms with Crippen LogP contribution < -0.4 is 24.9 Å². The number of ether oxygens (including phenoxy) is 2. The molecule has 30 heavy (non-hydrogen) atoms. The topological polar surface area (TPSA) is 98.0 Å². The van der Waals surface area contributed by atoms with Crippen molar-refractivity contribution in [3.63, 3.8) is 0 Å². The molecular formula is C22H24N2O6+2. The molecule has 4 N–H and O–H groups in total. The number of hydrogen-bond acceptors (Lipinski definition) is 6. The third-order valence-electron chi connectivity index (χ3n) is 5.92. The molecule has 2 aromatic carbocycles. The van der Waals surface area contributed by atoms with Crippen LogP contribution in [0.4, 0.5) is 0 Å². The lowest BCUT2D eigenvalue weighted by atomic mass is 10.1. The van der Waals surface area contributed by atoms with Crippen LogP contribution >= 0.6 is 0 Å². The van der Waals surface area contributed by atoms with Crippen LogP contribution in [0.3, 0.4) is 0 Å². The van der Waals surface area contributed by atoms with Gasteiger partial charge in [-0.1, -0.05) is 0 Å². The molecule has 8 heteroatoms. The van der Waals surface area contributed by atoms with Crippen LogP contribution in [-0.2, 0) is 13.1 Å². The second-order valence-electron chi connectivity index (χ2n) is 7.97. The summed E-state index contributed by atoms with van der Waals surface area (Å²) in [6.07, 6.45) is 0. The van der Waals surface area contributed by atoms with Crippen molar-refractivity contribution in [1.29, 1.82) is 0 Å². The van der Waals surface area contributed by atoms with Crippen LogP contribution in [-0.4, -0.2) is 43.2 Å². The van der Waals surface area contributed by atoms with Gasteiger partial charge in [0.25, 0.3) is 0 Å². The van der Waals surface area contributed by atoms with Crippen LogP contribution in [0.25, 0.3) is 11.0 Å². The highest BCUT2D eigenvalue weighted by atomic mass is 16.7. The van der Waals surface area contributed by atoms with Gasteiger partial charge in [-0.25, -0.2) is 4.79 Å². The van der Waals surface area contributed by atoms with Crippen molar-refractivity contribution in [1.82, 2.24) is 0 Å². The van der Waals surface area contributed by atoms with Gasteiger partial charge in [0.05, 0.1) is 0 Å². The molecule has 0 aliphatic carbocycles. The highest BCUT2D eigenvalue weighted by Crippen LogP contribution is 2.32. The summed E-state index contributed by atoms with van der Waals surface area (Å²) in [4.78, 5) is 14.8. The van der Waals surface area contributed by atoms with Crippen molar-refractivity contribution in [2.24, 2.45) is 0 Å². The predicted octanol–water partition coefficient (Wildman–Crippen LogP) is -0.583. The minimum absolute atomic E-state index is 0.217. The molecule has 0 amide bonds. The second-order valence-corrected chi connectivity index (χ2v) is 7.97. The largest absolute Gasteiger partial charge is 0.504 e. The lowest BCUT2D eigenvalue weighted by Gasteiger charge is -2.30. The first-order chi connectivity index (χ1) is 14.5. The van der Waals surface area contributed by atoms with Gasteiger partial charge in [-0.2, -0.15) is 0 Å². The summed E-state index contributed by atoms with van der Waals surface area (Å²) in [5.41, 5.74) is 1.90. The van der Waals surface area contributed by atoms with E-state index in [1.807, 2.05) is 6.07 Å². The van der Waals surface area contributed by atoms with Gasteiger partial charge in [-0.3, -0.25) is 0 Å². The van der Waals surface area contributed by atoms with Gasteiger partial charge < -0.3 is 33.9 Å². The van der Waals surface area contributed by atoms with Gasteiger partial charge in [-0.15, -0.1) is 0 Å². The van der Waals surface area contributed by atoms with Gasteiger partial charge in [0.15, 0.2) is 23.0 Å². The maximum absolute atomic E-state index is 11.9. The first-order valence-corrected chi connectivity index (χ1v) is 10.1. The second kappa shape index (κ2) is 7.55. The summed E-state index contributed by atoms with van der Waals surface area (Å²) in [6, 6.07) is 10.4. The Balaban J connectivity index is 1.25. The van der Waals surface area contributed by atoms with Crippen LogP contribution in [0.15, 0.2) is 45.6 Å². The molecule has 1 aromatic heterocycles. The summed E-state index contributed by atoms with van der Waals surface area (Å²) >= 11 is 0. The molecule has 8 nitrogen and oxygen atoms in total. The van der Waals surface area contributed by atoms with Crippen molar-refractivity contribution in [3.05, 3.63) is 57.9 Å². The van der Waals surface area contributed by atoms with Crippen LogP contribution in [0.2, 0.25) is 0 Å². The molecule has 2 aliphatic heterocycles. The van der Waals surface area contributed by atoms with Crippen molar-refractivity contribution in [3.8, 4) is 23.0 Å². The van der Waals surface area contributed by atoms with Gasteiger partial charge in [0.2, 0.25) is 6.79 Å². The van der Waals surface area contributed by atoms with E-state index in [0.29, 0.717) is 17.5 Å². The highest BCUT2D eigenvalue weighted by molar-refractivity contribution is 5.83. The van der Waals surface area contributed by atoms with E-state index in [-0.39, 0.29) is 18.3 Å². The third-order valence-corrected chi connectivity index (χ3v) is 5.92. The number of phenols is 2. The molecule has 0 unspecified atom stereocenters. The predicted molar refractivity (Wildman–Crippen MR) is 107 cm³/mol. The molecule has 156 valence electrons. The normalized spacial score (nSPS) is 20.5. The first kappa shape index (κ1) is 18.8. The minimum atomic E-state index is -0.450. The van der Waals surface area contributed by atoms with Crippen LogP contribution in [0.5, 0.6) is 23.0 Å². The number of piperazine rings is 1. The van der Waals surface area contributed by atoms with Gasteiger partial charge in [0.1, 0.15) is 44.9 Å². The van der Waals surface area contributed by atoms with Crippen molar-refractivity contribution in [2.45, 2.75) is 13.1 Å². The Morgan fingerprint density at radius 3 is 2.33 bits per heavy atom. The molecule has 1 fully saturated rings. The van der Waals surface area contributed by atoms with Crippen LogP contribution in [0, 0.1) is 0 Å². The highest BCUT2D eigenvalue weighted by Gasteiger charge is 2.25. The molecule has 1 saturated heterocycles. The zero-order valence-corrected chi connectivity index (χ0v) is 16.4. The minimum Gasteiger partial charge on any atom is -0.504 e. The average Bonchev–Trinajstić information content (AvgIpc) is 3.19. The summed E-state index contributed by atoms with van der Waals surface area (Å²) < 4.78 is 16.0. The van der Waals surface area contributed by atoms with E-state index in [2.05, 4.69) is 12.1 Å². The van der Waals surface area contributed by atoms with E-state index in [9.17, 15) is 15.0 Å².